The summed E-state index contributed by atoms with van der Waals surface area (Å²) in [6.45, 7) is 7.91. The third kappa shape index (κ3) is 4.22. The van der Waals surface area contributed by atoms with Crippen molar-refractivity contribution >= 4 is 37.1 Å². The van der Waals surface area contributed by atoms with Crippen LogP contribution >= 0.6 is 11.3 Å². The van der Waals surface area contributed by atoms with Crippen LogP contribution < -0.4 is 4.72 Å². The van der Waals surface area contributed by atoms with Crippen molar-refractivity contribution in [3.05, 3.63) is 40.1 Å². The molecule has 1 aromatic carbocycles. The van der Waals surface area contributed by atoms with Crippen LogP contribution in [0.1, 0.15) is 23.6 Å². The van der Waals surface area contributed by atoms with Crippen LogP contribution in [0.25, 0.3) is 0 Å². The van der Waals surface area contributed by atoms with E-state index in [0.717, 1.165) is 4.88 Å². The highest BCUT2D eigenvalue weighted by molar-refractivity contribution is 7.93. The molecule has 0 saturated carbocycles. The molecule has 0 amide bonds. The fraction of sp³-hybridized carbons (Fsp3) is 0.375. The van der Waals surface area contributed by atoms with Crippen molar-refractivity contribution in [2.75, 3.05) is 17.8 Å². The van der Waals surface area contributed by atoms with Crippen LogP contribution in [0.15, 0.2) is 40.1 Å². The molecule has 0 spiro atoms. The molecule has 2 rings (SSSR count). The lowest BCUT2D eigenvalue weighted by Gasteiger charge is -2.18. The van der Waals surface area contributed by atoms with Gasteiger partial charge >= 0.3 is 0 Å². The summed E-state index contributed by atoms with van der Waals surface area (Å²) in [6.07, 6.45) is 0. The van der Waals surface area contributed by atoms with Crippen LogP contribution in [-0.4, -0.2) is 34.2 Å². The van der Waals surface area contributed by atoms with Crippen molar-refractivity contribution in [2.24, 2.45) is 0 Å². The summed E-state index contributed by atoms with van der Waals surface area (Å²) in [5.41, 5.74) is 0.321. The average Bonchev–Trinajstić information content (AvgIpc) is 2.88. The van der Waals surface area contributed by atoms with Crippen molar-refractivity contribution < 1.29 is 16.8 Å². The minimum Gasteiger partial charge on any atom is -0.280 e. The molecule has 6 nitrogen and oxygen atoms in total. The predicted octanol–water partition coefficient (Wildman–Crippen LogP) is 3.20. The molecule has 0 aliphatic carbocycles. The third-order valence-corrected chi connectivity index (χ3v) is 8.40. The number of nitrogens with one attached hydrogen (secondary N) is 1. The van der Waals surface area contributed by atoms with Gasteiger partial charge in [-0.05, 0) is 44.2 Å². The standard InChI is InChI=1S/C16H22N2O4S3/c1-5-18(6-2)25(21,22)15-9-7-14(8-10-15)17-24(19,20)16-11-12(3)23-13(16)4/h7-11,17H,5-6H2,1-4H3. The Balaban J connectivity index is 2.28. The summed E-state index contributed by atoms with van der Waals surface area (Å²) in [5.74, 6) is 0. The molecule has 1 heterocycles. The molecule has 0 saturated heterocycles. The maximum absolute atomic E-state index is 12.5. The molecule has 0 radical (unpaired) electrons. The van der Waals surface area contributed by atoms with E-state index in [4.69, 9.17) is 0 Å². The molecule has 0 atom stereocenters. The Labute approximate surface area is 153 Å². The predicted molar refractivity (Wildman–Crippen MR) is 101 cm³/mol. The Morgan fingerprint density at radius 1 is 1.00 bits per heavy atom. The number of anilines is 1. The van der Waals surface area contributed by atoms with E-state index in [0.29, 0.717) is 23.7 Å². The van der Waals surface area contributed by atoms with Crippen LogP contribution in [0, 0.1) is 13.8 Å². The van der Waals surface area contributed by atoms with Gasteiger partial charge < -0.3 is 0 Å². The smallest absolute Gasteiger partial charge is 0.262 e. The quantitative estimate of drug-likeness (QED) is 0.771. The van der Waals surface area contributed by atoms with E-state index in [1.54, 1.807) is 26.8 Å². The van der Waals surface area contributed by atoms with Crippen molar-refractivity contribution in [3.63, 3.8) is 0 Å². The lowest BCUT2D eigenvalue weighted by molar-refractivity contribution is 0.445. The van der Waals surface area contributed by atoms with Gasteiger partial charge in [-0.15, -0.1) is 11.3 Å². The molecule has 2 aromatic rings. The highest BCUT2D eigenvalue weighted by atomic mass is 32.2. The Morgan fingerprint density at radius 2 is 1.56 bits per heavy atom. The molecular weight excluding hydrogens is 380 g/mol. The highest BCUT2D eigenvalue weighted by Gasteiger charge is 2.22. The van der Waals surface area contributed by atoms with E-state index < -0.39 is 20.0 Å². The zero-order chi connectivity index (χ0) is 18.8. The molecule has 0 bridgehead atoms. The number of hydrogen-bond acceptors (Lipinski definition) is 5. The number of rotatable bonds is 7. The fourth-order valence-electron chi connectivity index (χ4n) is 2.49. The third-order valence-electron chi connectivity index (χ3n) is 3.73. The number of sulfonamides is 2. The summed E-state index contributed by atoms with van der Waals surface area (Å²) < 4.78 is 53.7. The van der Waals surface area contributed by atoms with Crippen LogP contribution in [0.4, 0.5) is 5.69 Å². The van der Waals surface area contributed by atoms with Crippen molar-refractivity contribution in [3.8, 4) is 0 Å². The van der Waals surface area contributed by atoms with Crippen LogP contribution in [0.2, 0.25) is 0 Å². The largest absolute Gasteiger partial charge is 0.280 e. The van der Waals surface area contributed by atoms with Crippen molar-refractivity contribution in [1.82, 2.24) is 4.31 Å². The molecule has 9 heteroatoms. The summed E-state index contributed by atoms with van der Waals surface area (Å²) in [6, 6.07) is 7.38. The van der Waals surface area contributed by atoms with Gasteiger partial charge in [0, 0.05) is 28.5 Å². The van der Waals surface area contributed by atoms with E-state index in [2.05, 4.69) is 4.72 Å². The van der Waals surface area contributed by atoms with E-state index in [1.165, 1.54) is 39.9 Å². The molecule has 25 heavy (non-hydrogen) atoms. The van der Waals surface area contributed by atoms with Gasteiger partial charge in [0.1, 0.15) is 4.90 Å². The van der Waals surface area contributed by atoms with Gasteiger partial charge in [-0.2, -0.15) is 4.31 Å². The fourth-order valence-corrected chi connectivity index (χ4v) is 6.56. The number of aryl methyl sites for hydroxylation is 2. The maximum atomic E-state index is 12.5. The minimum atomic E-state index is -3.70. The molecule has 0 unspecified atom stereocenters. The Bertz CT molecular complexity index is 942. The van der Waals surface area contributed by atoms with Gasteiger partial charge in [-0.25, -0.2) is 16.8 Å². The van der Waals surface area contributed by atoms with Crippen molar-refractivity contribution in [1.29, 1.82) is 0 Å². The first kappa shape index (κ1) is 19.9. The number of thiophene rings is 1. The summed E-state index contributed by atoms with van der Waals surface area (Å²) in [4.78, 5) is 2.01. The van der Waals surface area contributed by atoms with Gasteiger partial charge in [0.05, 0.1) is 4.90 Å². The average molecular weight is 403 g/mol. The van der Waals surface area contributed by atoms with E-state index >= 15 is 0 Å². The van der Waals surface area contributed by atoms with Gasteiger partial charge in [0.2, 0.25) is 10.0 Å². The van der Waals surface area contributed by atoms with Gasteiger partial charge in [0.25, 0.3) is 10.0 Å². The number of hydrogen-bond donors (Lipinski definition) is 1. The first-order chi connectivity index (χ1) is 11.6. The molecule has 0 fully saturated rings. The highest BCUT2D eigenvalue weighted by Crippen LogP contribution is 2.27. The molecule has 1 N–H and O–H groups in total. The zero-order valence-corrected chi connectivity index (χ0v) is 17.1. The van der Waals surface area contributed by atoms with Crippen molar-refractivity contribution in [2.45, 2.75) is 37.5 Å². The van der Waals surface area contributed by atoms with Gasteiger partial charge in [0.15, 0.2) is 0 Å². The number of nitrogens with zero attached hydrogens (tertiary/aromatic N) is 1. The second-order valence-electron chi connectivity index (χ2n) is 5.50. The molecule has 1 aromatic heterocycles. The monoisotopic (exact) mass is 402 g/mol. The lowest BCUT2D eigenvalue weighted by Crippen LogP contribution is -2.30. The van der Waals surface area contributed by atoms with E-state index in [9.17, 15) is 16.8 Å². The second kappa shape index (κ2) is 7.45. The van der Waals surface area contributed by atoms with Crippen LogP contribution in [-0.2, 0) is 20.0 Å². The van der Waals surface area contributed by atoms with Gasteiger partial charge in [-0.3, -0.25) is 4.72 Å². The van der Waals surface area contributed by atoms with E-state index in [1.807, 2.05) is 6.92 Å². The SMILES string of the molecule is CCN(CC)S(=O)(=O)c1ccc(NS(=O)(=O)c2cc(C)sc2C)cc1. The summed E-state index contributed by atoms with van der Waals surface area (Å²) >= 11 is 1.42. The normalized spacial score (nSPS) is 12.5. The minimum absolute atomic E-state index is 0.140. The Morgan fingerprint density at radius 3 is 2.00 bits per heavy atom. The Hall–Kier alpha value is -1.42. The van der Waals surface area contributed by atoms with Crippen LogP contribution in [0.5, 0.6) is 0 Å². The summed E-state index contributed by atoms with van der Waals surface area (Å²) in [7, 11) is -7.26. The number of benzene rings is 1. The molecule has 0 aliphatic heterocycles. The first-order valence-corrected chi connectivity index (χ1v) is 11.6. The molecule has 138 valence electrons. The topological polar surface area (TPSA) is 83.6 Å². The second-order valence-corrected chi connectivity index (χ2v) is 10.5. The Kier molecular flexibility index (Phi) is 5.93. The summed E-state index contributed by atoms with van der Waals surface area (Å²) in [5, 5.41) is 0. The zero-order valence-electron chi connectivity index (χ0n) is 14.6. The first-order valence-electron chi connectivity index (χ1n) is 7.82. The van der Waals surface area contributed by atoms with Crippen LogP contribution in [0.3, 0.4) is 0 Å². The maximum Gasteiger partial charge on any atom is 0.262 e. The molecular formula is C16H22N2O4S3. The van der Waals surface area contributed by atoms with E-state index in [-0.39, 0.29) is 9.79 Å². The lowest BCUT2D eigenvalue weighted by atomic mass is 10.3. The van der Waals surface area contributed by atoms with Gasteiger partial charge in [-0.1, -0.05) is 13.8 Å². The molecule has 0 aliphatic rings.